The summed E-state index contributed by atoms with van der Waals surface area (Å²) in [6, 6.07) is 7.82. The Bertz CT molecular complexity index is 1710. The second-order valence-corrected chi connectivity index (χ2v) is 8.25. The molecule has 1 amide bonds. The zero-order valence-corrected chi connectivity index (χ0v) is 19.1. The molecule has 0 fully saturated rings. The number of amides is 1. The Morgan fingerprint density at radius 3 is 2.80 bits per heavy atom. The fourth-order valence-corrected chi connectivity index (χ4v) is 4.09. The maximum atomic E-state index is 11.8. The SMILES string of the molecule is CCC(=O)Nc1cncc(-c2cc3c(-c4cc5c(-n6cnc(C)c6)nccc5[nH]4)n[nH]c3cn2)c1. The number of hydrogen-bond donors (Lipinski definition) is 3. The summed E-state index contributed by atoms with van der Waals surface area (Å²) < 4.78 is 1.91. The molecule has 35 heavy (non-hydrogen) atoms. The first kappa shape index (κ1) is 20.7. The molecule has 10 heteroatoms. The van der Waals surface area contributed by atoms with Gasteiger partial charge in [0.05, 0.1) is 46.2 Å². The van der Waals surface area contributed by atoms with E-state index in [4.69, 9.17) is 0 Å². The summed E-state index contributed by atoms with van der Waals surface area (Å²) in [6.07, 6.45) is 11.0. The molecule has 6 aromatic heterocycles. The van der Waals surface area contributed by atoms with E-state index in [1.54, 1.807) is 31.1 Å². The first-order valence-corrected chi connectivity index (χ1v) is 11.2. The first-order chi connectivity index (χ1) is 17.1. The highest BCUT2D eigenvalue weighted by atomic mass is 16.1. The number of H-pyrrole nitrogens is 2. The van der Waals surface area contributed by atoms with Crippen LogP contribution in [0.15, 0.2) is 61.6 Å². The minimum absolute atomic E-state index is 0.0667. The van der Waals surface area contributed by atoms with Crippen molar-refractivity contribution in [1.29, 1.82) is 0 Å². The van der Waals surface area contributed by atoms with Gasteiger partial charge in [0.15, 0.2) is 0 Å². The van der Waals surface area contributed by atoms with Crippen LogP contribution in [0.1, 0.15) is 19.0 Å². The zero-order chi connectivity index (χ0) is 23.9. The molecule has 172 valence electrons. The standard InChI is InChI=1S/C25H21N9O/c1-3-23(35)30-16-6-15(9-26-10-16)20-7-17-22(11-28-20)32-33-24(17)21-8-18-19(31-21)4-5-27-25(18)34-12-14(2)29-13-34/h4-13,31H,3H2,1-2H3,(H,30,35)(H,32,33). The lowest BCUT2D eigenvalue weighted by Gasteiger charge is -2.06. The van der Waals surface area contributed by atoms with Crippen LogP contribution in [0.2, 0.25) is 0 Å². The van der Waals surface area contributed by atoms with Crippen LogP contribution in [-0.2, 0) is 4.79 Å². The van der Waals surface area contributed by atoms with Crippen LogP contribution in [-0.4, -0.2) is 45.6 Å². The number of fused-ring (bicyclic) bond motifs is 2. The summed E-state index contributed by atoms with van der Waals surface area (Å²) in [6.45, 7) is 3.76. The van der Waals surface area contributed by atoms with E-state index in [2.05, 4.69) is 40.4 Å². The van der Waals surface area contributed by atoms with Crippen LogP contribution >= 0.6 is 0 Å². The van der Waals surface area contributed by atoms with Crippen LogP contribution in [0.5, 0.6) is 0 Å². The van der Waals surface area contributed by atoms with Gasteiger partial charge >= 0.3 is 0 Å². The number of hydrogen-bond acceptors (Lipinski definition) is 6. The third-order valence-electron chi connectivity index (χ3n) is 5.82. The molecule has 0 saturated carbocycles. The second-order valence-electron chi connectivity index (χ2n) is 8.25. The van der Waals surface area contributed by atoms with Crippen LogP contribution in [0.25, 0.3) is 50.3 Å². The van der Waals surface area contributed by atoms with Gasteiger partial charge in [-0.2, -0.15) is 5.10 Å². The second kappa shape index (κ2) is 8.17. The van der Waals surface area contributed by atoms with Gasteiger partial charge in [0.25, 0.3) is 0 Å². The van der Waals surface area contributed by atoms with E-state index in [0.29, 0.717) is 12.1 Å². The monoisotopic (exact) mass is 463 g/mol. The molecule has 0 aliphatic heterocycles. The van der Waals surface area contributed by atoms with Crippen molar-refractivity contribution in [3.05, 3.63) is 67.3 Å². The molecule has 0 aliphatic rings. The number of rotatable bonds is 5. The average Bonchev–Trinajstić information content (AvgIpc) is 3.61. The smallest absolute Gasteiger partial charge is 0.224 e. The lowest BCUT2D eigenvalue weighted by atomic mass is 10.1. The third kappa shape index (κ3) is 3.70. The van der Waals surface area contributed by atoms with E-state index in [1.807, 2.05) is 48.9 Å². The average molecular weight is 464 g/mol. The number of pyridine rings is 3. The van der Waals surface area contributed by atoms with Crippen LogP contribution in [0.4, 0.5) is 5.69 Å². The quantitative estimate of drug-likeness (QED) is 0.347. The predicted octanol–water partition coefficient (Wildman–Crippen LogP) is 4.41. The number of anilines is 1. The Hall–Kier alpha value is -4.86. The zero-order valence-electron chi connectivity index (χ0n) is 19.1. The van der Waals surface area contributed by atoms with Gasteiger partial charge < -0.3 is 10.3 Å². The number of nitrogens with one attached hydrogen (secondary N) is 3. The molecule has 0 unspecified atom stereocenters. The molecular weight excluding hydrogens is 442 g/mol. The number of aromatic nitrogens is 8. The minimum atomic E-state index is -0.0667. The molecule has 0 aliphatic carbocycles. The van der Waals surface area contributed by atoms with Crippen molar-refractivity contribution in [2.24, 2.45) is 0 Å². The van der Waals surface area contributed by atoms with E-state index in [9.17, 15) is 4.79 Å². The Kier molecular flexibility index (Phi) is 4.84. The molecule has 0 bridgehead atoms. The predicted molar refractivity (Wildman–Crippen MR) is 133 cm³/mol. The van der Waals surface area contributed by atoms with Gasteiger partial charge in [-0.3, -0.25) is 24.4 Å². The summed E-state index contributed by atoms with van der Waals surface area (Å²) in [4.78, 5) is 33.0. The van der Waals surface area contributed by atoms with Crippen molar-refractivity contribution in [2.45, 2.75) is 20.3 Å². The Balaban J connectivity index is 1.43. The molecule has 0 saturated heterocycles. The fourth-order valence-electron chi connectivity index (χ4n) is 4.09. The van der Waals surface area contributed by atoms with Gasteiger partial charge in [0.1, 0.15) is 17.8 Å². The van der Waals surface area contributed by atoms with E-state index >= 15 is 0 Å². The maximum absolute atomic E-state index is 11.8. The van der Waals surface area contributed by atoms with Crippen molar-refractivity contribution in [3.63, 3.8) is 0 Å². The van der Waals surface area contributed by atoms with Gasteiger partial charge in [-0.25, -0.2) is 9.97 Å². The van der Waals surface area contributed by atoms with E-state index in [-0.39, 0.29) is 5.91 Å². The molecule has 0 spiro atoms. The summed E-state index contributed by atoms with van der Waals surface area (Å²) in [5, 5.41) is 12.4. The van der Waals surface area contributed by atoms with Crippen molar-refractivity contribution in [2.75, 3.05) is 5.32 Å². The maximum Gasteiger partial charge on any atom is 0.224 e. The molecule has 0 radical (unpaired) electrons. The number of nitrogens with zero attached hydrogens (tertiary/aromatic N) is 6. The highest BCUT2D eigenvalue weighted by Crippen LogP contribution is 2.32. The van der Waals surface area contributed by atoms with Gasteiger partial charge in [0.2, 0.25) is 5.91 Å². The van der Waals surface area contributed by atoms with Gasteiger partial charge in [-0.05, 0) is 31.2 Å². The summed E-state index contributed by atoms with van der Waals surface area (Å²) in [5.74, 6) is 0.729. The molecule has 0 aromatic carbocycles. The van der Waals surface area contributed by atoms with Crippen molar-refractivity contribution in [1.82, 2.24) is 39.7 Å². The van der Waals surface area contributed by atoms with Crippen molar-refractivity contribution < 1.29 is 4.79 Å². The Labute approximate surface area is 199 Å². The largest absolute Gasteiger partial charge is 0.353 e. The van der Waals surface area contributed by atoms with Gasteiger partial charge in [-0.1, -0.05) is 6.92 Å². The molecule has 6 aromatic rings. The number of carbonyl (C=O) groups is 1. The normalized spacial score (nSPS) is 11.4. The molecule has 3 N–H and O–H groups in total. The summed E-state index contributed by atoms with van der Waals surface area (Å²) >= 11 is 0. The van der Waals surface area contributed by atoms with E-state index in [0.717, 1.165) is 56.0 Å². The molecule has 0 atom stereocenters. The lowest BCUT2D eigenvalue weighted by Crippen LogP contribution is -2.09. The van der Waals surface area contributed by atoms with Crippen LogP contribution in [0, 0.1) is 6.92 Å². The number of aromatic amines is 2. The lowest BCUT2D eigenvalue weighted by molar-refractivity contribution is -0.115. The van der Waals surface area contributed by atoms with Crippen LogP contribution < -0.4 is 5.32 Å². The Morgan fingerprint density at radius 1 is 1.06 bits per heavy atom. The van der Waals surface area contributed by atoms with Crippen molar-refractivity contribution >= 4 is 33.4 Å². The topological polar surface area (TPSA) is 130 Å². The first-order valence-electron chi connectivity index (χ1n) is 11.2. The van der Waals surface area contributed by atoms with Crippen LogP contribution in [0.3, 0.4) is 0 Å². The Morgan fingerprint density at radius 2 is 1.97 bits per heavy atom. The van der Waals surface area contributed by atoms with Gasteiger partial charge in [-0.15, -0.1) is 0 Å². The minimum Gasteiger partial charge on any atom is -0.353 e. The van der Waals surface area contributed by atoms with E-state index in [1.165, 1.54) is 0 Å². The molecular formula is C25H21N9O. The fraction of sp³-hybridized carbons (Fsp3) is 0.120. The summed E-state index contributed by atoms with van der Waals surface area (Å²) in [7, 11) is 0. The van der Waals surface area contributed by atoms with Gasteiger partial charge in [0, 0.05) is 41.3 Å². The molecule has 10 nitrogen and oxygen atoms in total. The molecule has 6 rings (SSSR count). The highest BCUT2D eigenvalue weighted by molar-refractivity contribution is 5.98. The number of carbonyl (C=O) groups excluding carboxylic acids is 1. The van der Waals surface area contributed by atoms with Crippen molar-refractivity contribution in [3.8, 4) is 28.5 Å². The number of aryl methyl sites for hydroxylation is 1. The number of imidazole rings is 1. The summed E-state index contributed by atoms with van der Waals surface area (Å²) in [5.41, 5.74) is 6.48. The van der Waals surface area contributed by atoms with E-state index < -0.39 is 0 Å². The molecule has 6 heterocycles. The third-order valence-corrected chi connectivity index (χ3v) is 5.82. The highest BCUT2D eigenvalue weighted by Gasteiger charge is 2.16.